The van der Waals surface area contributed by atoms with Gasteiger partial charge in [-0.1, -0.05) is 18.6 Å². The Kier molecular flexibility index (Phi) is 6.22. The zero-order valence-electron chi connectivity index (χ0n) is 18.8. The number of amides is 2. The van der Waals surface area contributed by atoms with Crippen molar-refractivity contribution in [3.63, 3.8) is 0 Å². The maximum atomic E-state index is 13.6. The second kappa shape index (κ2) is 9.43. The third-order valence-electron chi connectivity index (χ3n) is 7.11. The first-order valence-electron chi connectivity index (χ1n) is 11.9. The number of nitrogens with one attached hydrogen (secondary N) is 1. The highest BCUT2D eigenvalue weighted by Crippen LogP contribution is 2.34. The van der Waals surface area contributed by atoms with Gasteiger partial charge in [-0.25, -0.2) is 0 Å². The van der Waals surface area contributed by atoms with Gasteiger partial charge in [-0.15, -0.1) is 0 Å². The molecule has 174 valence electrons. The summed E-state index contributed by atoms with van der Waals surface area (Å²) in [6.45, 7) is 0.685. The van der Waals surface area contributed by atoms with E-state index in [-0.39, 0.29) is 36.6 Å². The van der Waals surface area contributed by atoms with E-state index in [1.807, 2.05) is 29.2 Å². The van der Waals surface area contributed by atoms with Gasteiger partial charge in [-0.3, -0.25) is 9.59 Å². The number of rotatable bonds is 6. The van der Waals surface area contributed by atoms with Crippen LogP contribution in [0.15, 0.2) is 42.5 Å². The maximum Gasteiger partial charge on any atom is 0.254 e. The number of hydrogen-bond donors (Lipinski definition) is 2. The molecule has 1 heterocycles. The van der Waals surface area contributed by atoms with Crippen LogP contribution in [-0.2, 0) is 11.3 Å². The average Bonchev–Trinajstić information content (AvgIpc) is 3.25. The average molecular weight is 450 g/mol. The summed E-state index contributed by atoms with van der Waals surface area (Å²) in [6.07, 6.45) is 6.72. The van der Waals surface area contributed by atoms with Crippen LogP contribution in [0.1, 0.15) is 60.9 Å². The summed E-state index contributed by atoms with van der Waals surface area (Å²) in [7, 11) is 0. The number of anilines is 1. The molecule has 0 aromatic heterocycles. The van der Waals surface area contributed by atoms with Crippen molar-refractivity contribution in [1.29, 1.82) is 0 Å². The molecular formula is C26H31N3O4. The second-order valence-electron chi connectivity index (χ2n) is 9.38. The topological polar surface area (TPSA) is 93.9 Å². The van der Waals surface area contributed by atoms with Crippen LogP contribution in [0.4, 0.5) is 5.69 Å². The molecule has 5 rings (SSSR count). The highest BCUT2D eigenvalue weighted by molar-refractivity contribution is 5.95. The van der Waals surface area contributed by atoms with E-state index in [0.717, 1.165) is 56.2 Å². The summed E-state index contributed by atoms with van der Waals surface area (Å²) in [6, 6.07) is 13.5. The van der Waals surface area contributed by atoms with Crippen LogP contribution >= 0.6 is 0 Å². The first kappa shape index (κ1) is 21.8. The predicted octanol–water partition coefficient (Wildman–Crippen LogP) is 4.07. The molecule has 0 radical (unpaired) electrons. The Balaban J connectivity index is 1.32. The van der Waals surface area contributed by atoms with E-state index in [1.165, 1.54) is 0 Å². The van der Waals surface area contributed by atoms with Crippen LogP contribution < -0.4 is 20.5 Å². The molecule has 0 unspecified atom stereocenters. The first-order chi connectivity index (χ1) is 16.1. The quantitative estimate of drug-likeness (QED) is 0.693. The third-order valence-corrected chi connectivity index (χ3v) is 7.11. The number of nitrogens with two attached hydrogens (primary N) is 1. The summed E-state index contributed by atoms with van der Waals surface area (Å²) in [4.78, 5) is 27.8. The molecule has 0 atom stereocenters. The van der Waals surface area contributed by atoms with E-state index >= 15 is 0 Å². The number of carbonyl (C=O) groups is 2. The molecule has 0 spiro atoms. The predicted molar refractivity (Wildman–Crippen MR) is 125 cm³/mol. The highest BCUT2D eigenvalue weighted by atomic mass is 16.7. The number of carbonyl (C=O) groups excluding carboxylic acids is 2. The first-order valence-corrected chi connectivity index (χ1v) is 11.9. The van der Waals surface area contributed by atoms with Crippen molar-refractivity contribution in [2.75, 3.05) is 12.1 Å². The van der Waals surface area contributed by atoms with Crippen LogP contribution in [0.3, 0.4) is 0 Å². The molecule has 3 aliphatic rings. The number of benzene rings is 2. The Bertz CT molecular complexity index is 1010. The Labute approximate surface area is 194 Å². The Hall–Kier alpha value is -3.06. The minimum atomic E-state index is -0.0175. The summed E-state index contributed by atoms with van der Waals surface area (Å²) in [5, 5.41) is 3.01. The molecule has 2 aromatic rings. The van der Waals surface area contributed by atoms with E-state index in [1.54, 1.807) is 18.2 Å². The normalized spacial score (nSPS) is 21.8. The minimum Gasteiger partial charge on any atom is -0.454 e. The Morgan fingerprint density at radius 2 is 1.67 bits per heavy atom. The van der Waals surface area contributed by atoms with Crippen LogP contribution in [-0.4, -0.2) is 35.6 Å². The maximum absolute atomic E-state index is 13.6. The zero-order chi connectivity index (χ0) is 22.8. The van der Waals surface area contributed by atoms with E-state index in [2.05, 4.69) is 5.32 Å². The fourth-order valence-electron chi connectivity index (χ4n) is 4.78. The van der Waals surface area contributed by atoms with Crippen molar-refractivity contribution in [2.24, 2.45) is 11.7 Å². The van der Waals surface area contributed by atoms with Gasteiger partial charge < -0.3 is 25.4 Å². The van der Waals surface area contributed by atoms with Crippen molar-refractivity contribution in [2.45, 2.75) is 63.6 Å². The van der Waals surface area contributed by atoms with Crippen molar-refractivity contribution in [1.82, 2.24) is 4.90 Å². The lowest BCUT2D eigenvalue weighted by Gasteiger charge is -2.36. The lowest BCUT2D eigenvalue weighted by Crippen LogP contribution is -2.43. The van der Waals surface area contributed by atoms with Crippen LogP contribution in [0.25, 0.3) is 0 Å². The van der Waals surface area contributed by atoms with E-state index in [0.29, 0.717) is 23.6 Å². The smallest absolute Gasteiger partial charge is 0.254 e. The molecule has 2 aromatic carbocycles. The van der Waals surface area contributed by atoms with Gasteiger partial charge in [0.05, 0.1) is 0 Å². The molecule has 2 amide bonds. The van der Waals surface area contributed by atoms with Crippen LogP contribution in [0.5, 0.6) is 11.5 Å². The summed E-state index contributed by atoms with van der Waals surface area (Å²) in [5.41, 5.74) is 8.54. The third kappa shape index (κ3) is 4.83. The number of nitrogens with zero attached hydrogens (tertiary/aromatic N) is 1. The molecule has 3 N–H and O–H groups in total. The summed E-state index contributed by atoms with van der Waals surface area (Å²) >= 11 is 0. The Morgan fingerprint density at radius 3 is 2.36 bits per heavy atom. The van der Waals surface area contributed by atoms with Crippen LogP contribution in [0.2, 0.25) is 0 Å². The number of fused-ring (bicyclic) bond motifs is 1. The molecule has 0 bridgehead atoms. The minimum absolute atomic E-state index is 0.0175. The lowest BCUT2D eigenvalue weighted by molar-refractivity contribution is -0.122. The van der Waals surface area contributed by atoms with Crippen molar-refractivity contribution in [3.05, 3.63) is 53.6 Å². The molecule has 33 heavy (non-hydrogen) atoms. The monoisotopic (exact) mass is 449 g/mol. The fourth-order valence-corrected chi connectivity index (χ4v) is 4.78. The van der Waals surface area contributed by atoms with Gasteiger partial charge >= 0.3 is 0 Å². The van der Waals surface area contributed by atoms with Gasteiger partial charge in [-0.05, 0) is 74.4 Å². The van der Waals surface area contributed by atoms with Crippen molar-refractivity contribution in [3.8, 4) is 11.5 Å². The number of ether oxygens (including phenoxy) is 2. The Morgan fingerprint density at radius 1 is 0.939 bits per heavy atom. The lowest BCUT2D eigenvalue weighted by atomic mass is 9.85. The highest BCUT2D eigenvalue weighted by Gasteiger charge is 2.30. The van der Waals surface area contributed by atoms with E-state index in [4.69, 9.17) is 15.2 Å². The molecule has 1 aliphatic heterocycles. The zero-order valence-corrected chi connectivity index (χ0v) is 18.8. The number of hydrogen-bond acceptors (Lipinski definition) is 5. The molecule has 0 saturated heterocycles. The molecule has 2 saturated carbocycles. The molecular weight excluding hydrogens is 418 g/mol. The van der Waals surface area contributed by atoms with E-state index in [9.17, 15) is 9.59 Å². The summed E-state index contributed by atoms with van der Waals surface area (Å²) < 4.78 is 10.9. The molecule has 7 heteroatoms. The van der Waals surface area contributed by atoms with Crippen LogP contribution in [0, 0.1) is 5.92 Å². The van der Waals surface area contributed by atoms with Gasteiger partial charge in [0.1, 0.15) is 0 Å². The van der Waals surface area contributed by atoms with Gasteiger partial charge in [0.15, 0.2) is 11.5 Å². The largest absolute Gasteiger partial charge is 0.454 e. The molecule has 2 fully saturated rings. The summed E-state index contributed by atoms with van der Waals surface area (Å²) in [5.74, 6) is 1.51. The van der Waals surface area contributed by atoms with Gasteiger partial charge in [-0.2, -0.15) is 0 Å². The SMILES string of the molecule is NC1CCC(N(Cc2ccc(NC(=O)C3CCC3)cc2)C(=O)c2ccc3c(c2)OCO3)CC1. The van der Waals surface area contributed by atoms with Crippen molar-refractivity contribution < 1.29 is 19.1 Å². The van der Waals surface area contributed by atoms with Gasteiger partial charge in [0.25, 0.3) is 5.91 Å². The molecule has 2 aliphatic carbocycles. The van der Waals surface area contributed by atoms with Gasteiger partial charge in [0.2, 0.25) is 12.7 Å². The van der Waals surface area contributed by atoms with Gasteiger partial charge in [0, 0.05) is 35.8 Å². The second-order valence-corrected chi connectivity index (χ2v) is 9.38. The fraction of sp³-hybridized carbons (Fsp3) is 0.462. The standard InChI is InChI=1S/C26H31N3O4/c27-20-7-11-22(12-8-20)29(26(31)19-6-13-23-24(14-19)33-16-32-23)15-17-4-9-21(10-5-17)28-25(30)18-2-1-3-18/h4-6,9-10,13-14,18,20,22H,1-3,7-8,11-12,15-16,27H2,(H,28,30). The van der Waals surface area contributed by atoms with E-state index < -0.39 is 0 Å². The molecule has 7 nitrogen and oxygen atoms in total. The van der Waals surface area contributed by atoms with Crippen molar-refractivity contribution >= 4 is 17.5 Å².